The summed E-state index contributed by atoms with van der Waals surface area (Å²) < 4.78 is 32.4. The van der Waals surface area contributed by atoms with Gasteiger partial charge in [0.05, 0.1) is 6.04 Å². The predicted octanol–water partition coefficient (Wildman–Crippen LogP) is 0.387. The minimum atomic E-state index is -5.08. The zero-order valence-corrected chi connectivity index (χ0v) is 16.0. The molecule has 0 aliphatic carbocycles. The van der Waals surface area contributed by atoms with Gasteiger partial charge in [-0.15, -0.1) is 10.2 Å². The number of nitrogens with two attached hydrogens (primary N) is 1. The van der Waals surface area contributed by atoms with Gasteiger partial charge in [-0.25, -0.2) is 9.59 Å². The van der Waals surface area contributed by atoms with Crippen molar-refractivity contribution in [1.29, 1.82) is 0 Å². The van der Waals surface area contributed by atoms with Gasteiger partial charge in [-0.05, 0) is 18.5 Å². The molecule has 5 N–H and O–H groups in total. The number of piperidine rings is 1. The highest BCUT2D eigenvalue weighted by atomic mass is 32.2. The van der Waals surface area contributed by atoms with Gasteiger partial charge < -0.3 is 21.3 Å². The first kappa shape index (κ1) is 21.3. The van der Waals surface area contributed by atoms with Crippen LogP contribution >= 0.6 is 23.1 Å². The van der Waals surface area contributed by atoms with Crippen LogP contribution in [0.3, 0.4) is 0 Å². The summed E-state index contributed by atoms with van der Waals surface area (Å²) in [5.41, 5.74) is 6.54. The number of hydrogen-bond acceptors (Lipinski definition) is 9. The second kappa shape index (κ2) is 7.79. The summed E-state index contributed by atoms with van der Waals surface area (Å²) >= 11 is 2.70. The Bertz CT molecular complexity index is 889. The molecule has 1 aromatic heterocycles. The first-order valence-corrected chi connectivity index (χ1v) is 9.87. The number of carboxylic acid groups (broad SMARTS) is 2. The highest BCUT2D eigenvalue weighted by Crippen LogP contribution is 2.47. The summed E-state index contributed by atoms with van der Waals surface area (Å²) in [6.07, 6.45) is -4.24. The molecular weight excluding hydrogens is 439 g/mol. The molecule has 29 heavy (non-hydrogen) atoms. The van der Waals surface area contributed by atoms with Crippen molar-refractivity contribution in [3.63, 3.8) is 0 Å². The molecule has 10 nitrogen and oxygen atoms in total. The molecule has 1 amide bonds. The van der Waals surface area contributed by atoms with Crippen molar-refractivity contribution in [2.45, 2.75) is 29.0 Å². The van der Waals surface area contributed by atoms with E-state index in [2.05, 4.69) is 15.5 Å². The third-order valence-corrected chi connectivity index (χ3v) is 6.52. The fraction of sp³-hybridized carbons (Fsp3) is 0.500. The van der Waals surface area contributed by atoms with Crippen LogP contribution in [0.25, 0.3) is 0 Å². The zero-order chi connectivity index (χ0) is 21.5. The second-order valence-corrected chi connectivity index (χ2v) is 8.43. The molecule has 3 aliphatic rings. The summed E-state index contributed by atoms with van der Waals surface area (Å²) in [6, 6.07) is -0.268. The topological polar surface area (TPSA) is 159 Å². The van der Waals surface area contributed by atoms with Gasteiger partial charge in [0.1, 0.15) is 11.7 Å². The molecule has 0 aromatic carbocycles. The Balaban J connectivity index is 0.000000298. The number of carboxylic acids is 2. The number of carbonyl (C=O) groups is 3. The predicted molar refractivity (Wildman–Crippen MR) is 93.9 cm³/mol. The van der Waals surface area contributed by atoms with Gasteiger partial charge in [-0.3, -0.25) is 9.69 Å². The Morgan fingerprint density at radius 1 is 1.34 bits per heavy atom. The Kier molecular flexibility index (Phi) is 5.73. The van der Waals surface area contributed by atoms with E-state index in [1.165, 1.54) is 28.0 Å². The molecule has 3 atom stereocenters. The van der Waals surface area contributed by atoms with E-state index in [1.54, 1.807) is 0 Å². The lowest BCUT2D eigenvalue weighted by molar-refractivity contribution is -0.192. The summed E-state index contributed by atoms with van der Waals surface area (Å²) in [5.74, 6) is -3.31. The number of aromatic nitrogens is 2. The lowest BCUT2D eigenvalue weighted by Gasteiger charge is -2.48. The number of amides is 1. The van der Waals surface area contributed by atoms with Crippen LogP contribution < -0.4 is 11.1 Å². The number of β-lactam (4-membered cyclic amide) rings is 1. The first-order valence-electron chi connectivity index (χ1n) is 8.07. The molecule has 1 unspecified atom stereocenters. The van der Waals surface area contributed by atoms with E-state index < -0.39 is 18.1 Å². The molecule has 2 saturated heterocycles. The van der Waals surface area contributed by atoms with E-state index in [4.69, 9.17) is 15.6 Å². The maximum absolute atomic E-state index is 12.1. The van der Waals surface area contributed by atoms with Crippen LogP contribution in [0, 0.1) is 5.92 Å². The van der Waals surface area contributed by atoms with Crippen molar-refractivity contribution in [3.8, 4) is 0 Å². The largest absolute Gasteiger partial charge is 0.490 e. The average molecular weight is 453 g/mol. The number of carbonyl (C=O) groups excluding carboxylic acids is 1. The highest BCUT2D eigenvalue weighted by Gasteiger charge is 2.60. The number of nitrogen functional groups attached to an aromatic ring is 1. The standard InChI is InChI=1S/C12H13N5O3S2.C2HF3O2/c13-11-15-16-12(22-11)21-3-5-4-1-2-14-6-7(4)17(9(6)18)8(5)10(19)20;3-2(4,5)1(6)7/h4,6-7,14H,1-3H2,(H2,13,15)(H,19,20);(H,6,7)/t4?,6-,7+;/m0./s1. The van der Waals surface area contributed by atoms with Crippen LogP contribution in [0.4, 0.5) is 18.3 Å². The SMILES string of the molecule is Nc1nnc(SCC2=C(C(=O)O)N3C(=O)[C@H]4NCCC2[C@H]43)s1.O=C(O)C(F)(F)F. The van der Waals surface area contributed by atoms with Crippen LogP contribution in [0.1, 0.15) is 6.42 Å². The minimum absolute atomic E-state index is 0.0394. The van der Waals surface area contributed by atoms with Gasteiger partial charge in [0.15, 0.2) is 4.34 Å². The number of aliphatic carboxylic acids is 2. The summed E-state index contributed by atoms with van der Waals surface area (Å²) in [5, 5.41) is 27.9. The highest BCUT2D eigenvalue weighted by molar-refractivity contribution is 8.01. The number of anilines is 1. The smallest absolute Gasteiger partial charge is 0.477 e. The molecule has 3 aliphatic heterocycles. The van der Waals surface area contributed by atoms with Gasteiger partial charge in [0, 0.05) is 11.7 Å². The van der Waals surface area contributed by atoms with Crippen LogP contribution in [0.2, 0.25) is 0 Å². The van der Waals surface area contributed by atoms with Crippen LogP contribution in [0.15, 0.2) is 15.6 Å². The number of nitrogens with zero attached hydrogens (tertiary/aromatic N) is 3. The van der Waals surface area contributed by atoms with E-state index in [1.807, 2.05) is 0 Å². The molecule has 15 heteroatoms. The summed E-state index contributed by atoms with van der Waals surface area (Å²) in [6.45, 7) is 0.734. The number of alkyl halides is 3. The Morgan fingerprint density at radius 3 is 2.52 bits per heavy atom. The van der Waals surface area contributed by atoms with E-state index in [9.17, 15) is 27.9 Å². The van der Waals surface area contributed by atoms with Gasteiger partial charge in [0.25, 0.3) is 0 Å². The van der Waals surface area contributed by atoms with E-state index >= 15 is 0 Å². The van der Waals surface area contributed by atoms with Gasteiger partial charge in [0.2, 0.25) is 11.0 Å². The molecule has 0 bridgehead atoms. The number of thioether (sulfide) groups is 1. The molecule has 158 valence electrons. The molecule has 0 radical (unpaired) electrons. The fourth-order valence-corrected chi connectivity index (χ4v) is 5.24. The maximum atomic E-state index is 12.1. The van der Waals surface area contributed by atoms with Crippen molar-refractivity contribution in [1.82, 2.24) is 20.4 Å². The van der Waals surface area contributed by atoms with Gasteiger partial charge in [-0.2, -0.15) is 13.2 Å². The van der Waals surface area contributed by atoms with Crippen molar-refractivity contribution < 1.29 is 37.8 Å². The molecular formula is C14H14F3N5O5S2. The van der Waals surface area contributed by atoms with Crippen molar-refractivity contribution in [3.05, 3.63) is 11.3 Å². The number of rotatable bonds is 4. The van der Waals surface area contributed by atoms with E-state index in [-0.39, 0.29) is 29.6 Å². The average Bonchev–Trinajstić information content (AvgIpc) is 3.19. The van der Waals surface area contributed by atoms with Crippen LogP contribution in [-0.2, 0) is 14.4 Å². The second-order valence-electron chi connectivity index (χ2n) is 6.20. The van der Waals surface area contributed by atoms with Crippen LogP contribution in [-0.4, -0.2) is 73.7 Å². The number of hydrogen-bond donors (Lipinski definition) is 4. The Labute approximate surface area is 168 Å². The quantitative estimate of drug-likeness (QED) is 0.371. The van der Waals surface area contributed by atoms with Gasteiger partial charge >= 0.3 is 18.1 Å². The molecule has 4 heterocycles. The maximum Gasteiger partial charge on any atom is 0.490 e. The summed E-state index contributed by atoms with van der Waals surface area (Å²) in [7, 11) is 0. The van der Waals surface area contributed by atoms with Crippen molar-refractivity contribution in [2.75, 3.05) is 18.0 Å². The third-order valence-electron chi connectivity index (χ3n) is 4.59. The number of halogens is 3. The summed E-state index contributed by atoms with van der Waals surface area (Å²) in [4.78, 5) is 34.1. The lowest BCUT2D eigenvalue weighted by atomic mass is 9.80. The third kappa shape index (κ3) is 4.02. The van der Waals surface area contributed by atoms with E-state index in [0.29, 0.717) is 15.2 Å². The normalized spacial score (nSPS) is 25.1. The zero-order valence-electron chi connectivity index (χ0n) is 14.3. The minimum Gasteiger partial charge on any atom is -0.477 e. The van der Waals surface area contributed by atoms with Crippen molar-refractivity contribution in [2.24, 2.45) is 5.92 Å². The Hall–Kier alpha value is -2.39. The molecule has 4 rings (SSSR count). The van der Waals surface area contributed by atoms with Gasteiger partial charge in [-0.1, -0.05) is 23.1 Å². The number of nitrogens with one attached hydrogen (secondary N) is 1. The first-order chi connectivity index (χ1) is 13.5. The lowest BCUT2D eigenvalue weighted by Crippen LogP contribution is -2.71. The van der Waals surface area contributed by atoms with E-state index in [0.717, 1.165) is 18.5 Å². The fourth-order valence-electron chi connectivity index (χ4n) is 3.50. The Morgan fingerprint density at radius 2 is 2.00 bits per heavy atom. The molecule has 0 saturated carbocycles. The molecule has 0 spiro atoms. The van der Waals surface area contributed by atoms with Crippen molar-refractivity contribution >= 4 is 46.1 Å². The molecule has 2 fully saturated rings. The van der Waals surface area contributed by atoms with Crippen LogP contribution in [0.5, 0.6) is 0 Å². The molecule has 1 aromatic rings. The monoisotopic (exact) mass is 453 g/mol.